The molecule has 0 fully saturated rings. The summed E-state index contributed by atoms with van der Waals surface area (Å²) in [6.07, 6.45) is 2.65. The van der Waals surface area contributed by atoms with Crippen LogP contribution in [0.4, 0.5) is 5.13 Å². The molecule has 0 radical (unpaired) electrons. The fourth-order valence-electron chi connectivity index (χ4n) is 1.96. The maximum atomic E-state index is 12.1. The van der Waals surface area contributed by atoms with Gasteiger partial charge in [0.2, 0.25) is 0 Å². The molecule has 1 N–H and O–H groups in total. The molecule has 0 bridgehead atoms. The van der Waals surface area contributed by atoms with Crippen LogP contribution in [0.2, 0.25) is 0 Å². The molecule has 0 spiro atoms. The summed E-state index contributed by atoms with van der Waals surface area (Å²) >= 11 is 6.28. The molecule has 1 aromatic carbocycles. The molecule has 0 aliphatic rings. The molecule has 0 aliphatic carbocycles. The highest BCUT2D eigenvalue weighted by Gasteiger charge is 2.13. The third kappa shape index (κ3) is 3.63. The third-order valence-corrected chi connectivity index (χ3v) is 5.85. The number of nitrogens with zero attached hydrogens (tertiary/aromatic N) is 1. The van der Waals surface area contributed by atoms with Gasteiger partial charge in [-0.1, -0.05) is 29.8 Å². The van der Waals surface area contributed by atoms with Crippen molar-refractivity contribution in [2.75, 3.05) is 5.32 Å². The predicted octanol–water partition coefficient (Wildman–Crippen LogP) is 5.12. The maximum Gasteiger partial charge on any atom is 0.268 e. The Morgan fingerprint density at radius 1 is 1.27 bits per heavy atom. The number of hydrogen-bond acceptors (Lipinski definition) is 4. The molecule has 0 atom stereocenters. The lowest BCUT2D eigenvalue weighted by atomic mass is 10.1. The van der Waals surface area contributed by atoms with Crippen LogP contribution in [0.5, 0.6) is 0 Å². The van der Waals surface area contributed by atoms with E-state index in [4.69, 9.17) is 0 Å². The van der Waals surface area contributed by atoms with Crippen molar-refractivity contribution in [3.05, 3.63) is 67.3 Å². The topological polar surface area (TPSA) is 42.0 Å². The van der Waals surface area contributed by atoms with Crippen molar-refractivity contribution in [3.63, 3.8) is 0 Å². The van der Waals surface area contributed by atoms with Crippen LogP contribution in [0, 0.1) is 6.92 Å². The highest BCUT2D eigenvalue weighted by atomic mass is 79.9. The third-order valence-electron chi connectivity index (χ3n) is 3.10. The number of rotatable bonds is 4. The molecule has 3 rings (SSSR count). The van der Waals surface area contributed by atoms with Gasteiger partial charge < -0.3 is 0 Å². The second kappa shape index (κ2) is 6.73. The second-order valence-corrected chi connectivity index (χ2v) is 7.73. The quantitative estimate of drug-likeness (QED) is 0.669. The SMILES string of the molecule is Cc1ccc(Cc2cnc(NC(=O)c3sccc3Br)s2)cc1. The van der Waals surface area contributed by atoms with Crippen molar-refractivity contribution in [2.24, 2.45) is 0 Å². The Bertz CT molecular complexity index is 793. The molecule has 22 heavy (non-hydrogen) atoms. The van der Waals surface area contributed by atoms with E-state index in [-0.39, 0.29) is 5.91 Å². The van der Waals surface area contributed by atoms with Crippen LogP contribution in [0.25, 0.3) is 0 Å². The summed E-state index contributed by atoms with van der Waals surface area (Å²) < 4.78 is 0.812. The van der Waals surface area contributed by atoms with Crippen LogP contribution in [-0.2, 0) is 6.42 Å². The van der Waals surface area contributed by atoms with Crippen molar-refractivity contribution in [3.8, 4) is 0 Å². The highest BCUT2D eigenvalue weighted by Crippen LogP contribution is 2.26. The largest absolute Gasteiger partial charge is 0.297 e. The number of amides is 1. The molecular formula is C16H13BrN2OS2. The first-order valence-corrected chi connectivity index (χ1v) is 9.15. The average molecular weight is 393 g/mol. The number of aryl methyl sites for hydroxylation is 1. The summed E-state index contributed by atoms with van der Waals surface area (Å²) in [7, 11) is 0. The zero-order valence-corrected chi connectivity index (χ0v) is 15.0. The number of thiophene rings is 1. The standard InChI is InChI=1S/C16H13BrN2OS2/c1-10-2-4-11(5-3-10)8-12-9-18-16(22-12)19-15(20)14-13(17)6-7-21-14/h2-7,9H,8H2,1H3,(H,18,19,20). The summed E-state index contributed by atoms with van der Waals surface area (Å²) in [4.78, 5) is 18.2. The lowest BCUT2D eigenvalue weighted by Gasteiger charge is -2.00. The fraction of sp³-hybridized carbons (Fsp3) is 0.125. The van der Waals surface area contributed by atoms with Gasteiger partial charge in [-0.15, -0.1) is 22.7 Å². The van der Waals surface area contributed by atoms with Gasteiger partial charge >= 0.3 is 0 Å². The van der Waals surface area contributed by atoms with E-state index in [1.165, 1.54) is 33.8 Å². The normalized spacial score (nSPS) is 10.6. The number of halogens is 1. The van der Waals surface area contributed by atoms with E-state index in [2.05, 4.69) is 57.4 Å². The lowest BCUT2D eigenvalue weighted by molar-refractivity contribution is 0.103. The Morgan fingerprint density at radius 3 is 2.73 bits per heavy atom. The first kappa shape index (κ1) is 15.4. The van der Waals surface area contributed by atoms with Gasteiger partial charge in [0.1, 0.15) is 4.88 Å². The number of carbonyl (C=O) groups excluding carboxylic acids is 1. The van der Waals surface area contributed by atoms with Crippen molar-refractivity contribution in [1.82, 2.24) is 4.98 Å². The Balaban J connectivity index is 1.67. The van der Waals surface area contributed by atoms with Crippen molar-refractivity contribution in [2.45, 2.75) is 13.3 Å². The van der Waals surface area contributed by atoms with Gasteiger partial charge in [0.25, 0.3) is 5.91 Å². The Hall–Kier alpha value is -1.50. The minimum atomic E-state index is -0.127. The van der Waals surface area contributed by atoms with E-state index in [1.54, 1.807) is 0 Å². The monoisotopic (exact) mass is 392 g/mol. The number of nitrogens with one attached hydrogen (secondary N) is 1. The lowest BCUT2D eigenvalue weighted by Crippen LogP contribution is -2.10. The number of thiazole rings is 1. The van der Waals surface area contributed by atoms with Crippen LogP contribution in [0.1, 0.15) is 25.7 Å². The fourth-order valence-corrected chi connectivity index (χ4v) is 4.25. The minimum absolute atomic E-state index is 0.127. The van der Waals surface area contributed by atoms with Gasteiger partial charge in [-0.25, -0.2) is 4.98 Å². The smallest absolute Gasteiger partial charge is 0.268 e. The van der Waals surface area contributed by atoms with Gasteiger partial charge in [-0.05, 0) is 39.9 Å². The Labute approximate surface area is 145 Å². The van der Waals surface area contributed by atoms with E-state index < -0.39 is 0 Å². The van der Waals surface area contributed by atoms with Crippen LogP contribution in [-0.4, -0.2) is 10.9 Å². The average Bonchev–Trinajstić information content (AvgIpc) is 3.10. The predicted molar refractivity (Wildman–Crippen MR) is 96.1 cm³/mol. The zero-order valence-electron chi connectivity index (χ0n) is 11.8. The van der Waals surface area contributed by atoms with Crippen LogP contribution in [0.15, 0.2) is 46.4 Å². The molecule has 0 saturated carbocycles. The molecule has 1 amide bonds. The van der Waals surface area contributed by atoms with Gasteiger partial charge in [0, 0.05) is 22.0 Å². The number of benzene rings is 1. The molecule has 0 saturated heterocycles. The number of carbonyl (C=O) groups is 1. The number of anilines is 1. The summed E-state index contributed by atoms with van der Waals surface area (Å²) in [6, 6.07) is 10.3. The Kier molecular flexibility index (Phi) is 4.71. The van der Waals surface area contributed by atoms with Gasteiger partial charge in [-0.3, -0.25) is 10.1 Å². The summed E-state index contributed by atoms with van der Waals surface area (Å²) in [6.45, 7) is 2.08. The van der Waals surface area contributed by atoms with E-state index in [1.807, 2.05) is 17.6 Å². The molecule has 0 unspecified atom stereocenters. The molecule has 3 nitrogen and oxygen atoms in total. The van der Waals surface area contributed by atoms with Crippen LogP contribution < -0.4 is 5.32 Å². The van der Waals surface area contributed by atoms with Gasteiger partial charge in [0.15, 0.2) is 5.13 Å². The molecule has 0 aliphatic heterocycles. The summed E-state index contributed by atoms with van der Waals surface area (Å²) in [5, 5.41) is 5.36. The summed E-state index contributed by atoms with van der Waals surface area (Å²) in [5.74, 6) is -0.127. The van der Waals surface area contributed by atoms with Crippen molar-refractivity contribution < 1.29 is 4.79 Å². The Morgan fingerprint density at radius 2 is 2.05 bits per heavy atom. The van der Waals surface area contributed by atoms with E-state index in [9.17, 15) is 4.79 Å². The molecule has 112 valence electrons. The minimum Gasteiger partial charge on any atom is -0.297 e. The highest BCUT2D eigenvalue weighted by molar-refractivity contribution is 9.10. The molecule has 6 heteroatoms. The number of aromatic nitrogens is 1. The van der Waals surface area contributed by atoms with Gasteiger partial charge in [-0.2, -0.15) is 0 Å². The molecular weight excluding hydrogens is 380 g/mol. The molecule has 2 heterocycles. The zero-order chi connectivity index (χ0) is 15.5. The molecule has 2 aromatic heterocycles. The van der Waals surface area contributed by atoms with Crippen molar-refractivity contribution in [1.29, 1.82) is 0 Å². The first-order valence-electron chi connectivity index (χ1n) is 6.66. The van der Waals surface area contributed by atoms with E-state index >= 15 is 0 Å². The van der Waals surface area contributed by atoms with Crippen LogP contribution in [0.3, 0.4) is 0 Å². The van der Waals surface area contributed by atoms with Crippen LogP contribution >= 0.6 is 38.6 Å². The maximum absolute atomic E-state index is 12.1. The van der Waals surface area contributed by atoms with E-state index in [0.717, 1.165) is 15.8 Å². The number of hydrogen-bond donors (Lipinski definition) is 1. The van der Waals surface area contributed by atoms with Gasteiger partial charge in [0.05, 0.1) is 0 Å². The van der Waals surface area contributed by atoms with Crippen molar-refractivity contribution >= 4 is 49.6 Å². The second-order valence-electron chi connectivity index (χ2n) is 4.85. The van der Waals surface area contributed by atoms with E-state index in [0.29, 0.717) is 10.0 Å². The molecule has 3 aromatic rings. The summed E-state index contributed by atoms with van der Waals surface area (Å²) in [5.41, 5.74) is 2.50. The first-order chi connectivity index (χ1) is 10.6.